The molecule has 24 heavy (non-hydrogen) atoms. The van der Waals surface area contributed by atoms with Gasteiger partial charge in [0.25, 0.3) is 5.91 Å². The van der Waals surface area contributed by atoms with Crippen molar-refractivity contribution >= 4 is 17.2 Å². The Balaban J connectivity index is 1.93. The van der Waals surface area contributed by atoms with Crippen LogP contribution in [0.3, 0.4) is 0 Å². The monoisotopic (exact) mass is 341 g/mol. The molecule has 6 heteroatoms. The molecule has 1 amide bonds. The van der Waals surface area contributed by atoms with Crippen molar-refractivity contribution in [3.63, 3.8) is 0 Å². The van der Waals surface area contributed by atoms with Gasteiger partial charge in [0.1, 0.15) is 6.26 Å². The highest BCUT2D eigenvalue weighted by atomic mass is 32.1. The molecule has 2 N–H and O–H groups in total. The third-order valence-corrected chi connectivity index (χ3v) is 4.45. The number of amides is 1. The lowest BCUT2D eigenvalue weighted by Crippen LogP contribution is -2.29. The normalized spacial score (nSPS) is 11.9. The van der Waals surface area contributed by atoms with Crippen LogP contribution in [0.4, 0.5) is 0 Å². The van der Waals surface area contributed by atoms with Crippen LogP contribution >= 0.6 is 11.3 Å². The molecule has 2 aromatic heterocycles. The van der Waals surface area contributed by atoms with Gasteiger partial charge in [0.05, 0.1) is 6.04 Å². The summed E-state index contributed by atoms with van der Waals surface area (Å²) in [7, 11) is 0. The van der Waals surface area contributed by atoms with Crippen LogP contribution < -0.4 is 10.7 Å². The highest BCUT2D eigenvalue weighted by Gasteiger charge is 2.20. The summed E-state index contributed by atoms with van der Waals surface area (Å²) in [6.45, 7) is 1.98. The van der Waals surface area contributed by atoms with E-state index in [1.165, 1.54) is 11.3 Å². The predicted molar refractivity (Wildman–Crippen MR) is 91.5 cm³/mol. The van der Waals surface area contributed by atoms with Crippen LogP contribution in [0.5, 0.6) is 5.75 Å². The molecule has 0 bridgehead atoms. The number of carbonyl (C=O) groups is 1. The summed E-state index contributed by atoms with van der Waals surface area (Å²) in [5.74, 6) is -1.20. The SMILES string of the molecule is Cc1cccc(C(NC(=O)c2cc(=O)c(O)co2)c2cccs2)c1. The zero-order valence-electron chi connectivity index (χ0n) is 12.9. The second-order valence-corrected chi connectivity index (χ2v) is 6.31. The second kappa shape index (κ2) is 6.72. The number of benzene rings is 1. The molecule has 1 aromatic carbocycles. The third kappa shape index (κ3) is 3.38. The van der Waals surface area contributed by atoms with Crippen LogP contribution in [0.2, 0.25) is 0 Å². The van der Waals surface area contributed by atoms with Crippen molar-refractivity contribution in [3.05, 3.63) is 86.1 Å². The van der Waals surface area contributed by atoms with Gasteiger partial charge in [-0.3, -0.25) is 9.59 Å². The average Bonchev–Trinajstić information content (AvgIpc) is 3.09. The zero-order valence-corrected chi connectivity index (χ0v) is 13.7. The summed E-state index contributed by atoms with van der Waals surface area (Å²) in [4.78, 5) is 24.9. The van der Waals surface area contributed by atoms with Gasteiger partial charge < -0.3 is 14.8 Å². The molecular weight excluding hydrogens is 326 g/mol. The fourth-order valence-electron chi connectivity index (χ4n) is 2.35. The zero-order chi connectivity index (χ0) is 17.1. The van der Waals surface area contributed by atoms with E-state index in [0.29, 0.717) is 0 Å². The smallest absolute Gasteiger partial charge is 0.287 e. The van der Waals surface area contributed by atoms with Gasteiger partial charge in [-0.15, -0.1) is 11.3 Å². The molecule has 0 fully saturated rings. The molecule has 3 rings (SSSR count). The minimum atomic E-state index is -0.658. The summed E-state index contributed by atoms with van der Waals surface area (Å²) in [6, 6.07) is 12.3. The number of aryl methyl sites for hydroxylation is 1. The van der Waals surface area contributed by atoms with Gasteiger partial charge in [-0.2, -0.15) is 0 Å². The Morgan fingerprint density at radius 3 is 2.75 bits per heavy atom. The summed E-state index contributed by atoms with van der Waals surface area (Å²) in [6.07, 6.45) is 0.865. The molecule has 0 aliphatic rings. The van der Waals surface area contributed by atoms with Crippen LogP contribution in [-0.4, -0.2) is 11.0 Å². The van der Waals surface area contributed by atoms with E-state index < -0.39 is 17.1 Å². The summed E-state index contributed by atoms with van der Waals surface area (Å²) in [5, 5.41) is 14.0. The first-order valence-electron chi connectivity index (χ1n) is 7.27. The molecule has 3 aromatic rings. The number of aromatic hydroxyl groups is 1. The lowest BCUT2D eigenvalue weighted by Gasteiger charge is -2.18. The minimum Gasteiger partial charge on any atom is -0.502 e. The van der Waals surface area contributed by atoms with Gasteiger partial charge in [-0.25, -0.2) is 0 Å². The van der Waals surface area contributed by atoms with Gasteiger partial charge in [0, 0.05) is 10.9 Å². The molecule has 5 nitrogen and oxygen atoms in total. The van der Waals surface area contributed by atoms with Crippen molar-refractivity contribution in [3.8, 4) is 5.75 Å². The Bertz CT molecular complexity index is 915. The Labute approximate surface area is 142 Å². The Morgan fingerprint density at radius 2 is 2.08 bits per heavy atom. The molecule has 0 aliphatic carbocycles. The largest absolute Gasteiger partial charge is 0.502 e. The van der Waals surface area contributed by atoms with Crippen LogP contribution in [0.1, 0.15) is 32.6 Å². The molecule has 0 radical (unpaired) electrons. The number of hydrogen-bond donors (Lipinski definition) is 2. The molecule has 0 saturated heterocycles. The van der Waals surface area contributed by atoms with E-state index in [1.807, 2.05) is 48.7 Å². The number of rotatable bonds is 4. The second-order valence-electron chi connectivity index (χ2n) is 5.33. The number of nitrogens with one attached hydrogen (secondary N) is 1. The van der Waals surface area contributed by atoms with E-state index in [-0.39, 0.29) is 11.8 Å². The maximum Gasteiger partial charge on any atom is 0.287 e. The molecule has 0 spiro atoms. The number of carbonyl (C=O) groups excluding carboxylic acids is 1. The summed E-state index contributed by atoms with van der Waals surface area (Å²) >= 11 is 1.53. The third-order valence-electron chi connectivity index (χ3n) is 3.51. The fourth-order valence-corrected chi connectivity index (χ4v) is 3.15. The first-order chi connectivity index (χ1) is 11.5. The van der Waals surface area contributed by atoms with Gasteiger partial charge in [-0.05, 0) is 23.9 Å². The minimum absolute atomic E-state index is 0.146. The van der Waals surface area contributed by atoms with Crippen molar-refractivity contribution in [2.24, 2.45) is 0 Å². The van der Waals surface area contributed by atoms with E-state index in [4.69, 9.17) is 4.42 Å². The van der Waals surface area contributed by atoms with Crippen molar-refractivity contribution in [1.29, 1.82) is 0 Å². The summed E-state index contributed by atoms with van der Waals surface area (Å²) in [5.41, 5.74) is 1.36. The van der Waals surface area contributed by atoms with E-state index in [0.717, 1.165) is 28.3 Å². The highest BCUT2D eigenvalue weighted by Crippen LogP contribution is 2.27. The lowest BCUT2D eigenvalue weighted by atomic mass is 10.0. The predicted octanol–water partition coefficient (Wildman–Crippen LogP) is 3.23. The van der Waals surface area contributed by atoms with Gasteiger partial charge in [0.2, 0.25) is 5.43 Å². The van der Waals surface area contributed by atoms with E-state index in [2.05, 4.69) is 5.32 Å². The first kappa shape index (κ1) is 16.0. The number of hydrogen-bond acceptors (Lipinski definition) is 5. The molecule has 1 unspecified atom stereocenters. The van der Waals surface area contributed by atoms with Gasteiger partial charge in [0.15, 0.2) is 11.5 Å². The van der Waals surface area contributed by atoms with Crippen molar-refractivity contribution in [2.45, 2.75) is 13.0 Å². The van der Waals surface area contributed by atoms with Crippen LogP contribution in [0, 0.1) is 6.92 Å². The van der Waals surface area contributed by atoms with Crippen LogP contribution in [0.15, 0.2) is 63.3 Å². The van der Waals surface area contributed by atoms with E-state index >= 15 is 0 Å². The first-order valence-corrected chi connectivity index (χ1v) is 8.15. The Kier molecular flexibility index (Phi) is 4.48. The van der Waals surface area contributed by atoms with Crippen molar-refractivity contribution < 1.29 is 14.3 Å². The van der Waals surface area contributed by atoms with E-state index in [1.54, 1.807) is 0 Å². The topological polar surface area (TPSA) is 79.5 Å². The number of thiophene rings is 1. The molecule has 1 atom stereocenters. The Morgan fingerprint density at radius 1 is 1.25 bits per heavy atom. The van der Waals surface area contributed by atoms with Crippen molar-refractivity contribution in [1.82, 2.24) is 5.32 Å². The molecular formula is C18H15NO4S. The molecule has 122 valence electrons. The highest BCUT2D eigenvalue weighted by molar-refractivity contribution is 7.10. The molecule has 0 aliphatic heterocycles. The van der Waals surface area contributed by atoms with Gasteiger partial charge in [-0.1, -0.05) is 35.9 Å². The lowest BCUT2D eigenvalue weighted by molar-refractivity contribution is 0.0912. The molecule has 2 heterocycles. The Hall–Kier alpha value is -2.86. The maximum absolute atomic E-state index is 12.5. The standard InChI is InChI=1S/C18H15NO4S/c1-11-4-2-5-12(8-11)17(16-6-3-7-24-16)19-18(22)15-9-13(20)14(21)10-23-15/h2-10,17,21H,1H3,(H,19,22). The van der Waals surface area contributed by atoms with E-state index in [9.17, 15) is 14.7 Å². The maximum atomic E-state index is 12.5. The van der Waals surface area contributed by atoms with Crippen LogP contribution in [-0.2, 0) is 0 Å². The summed E-state index contributed by atoms with van der Waals surface area (Å²) < 4.78 is 5.02. The van der Waals surface area contributed by atoms with Crippen molar-refractivity contribution in [2.75, 3.05) is 0 Å². The van der Waals surface area contributed by atoms with Crippen LogP contribution in [0.25, 0.3) is 0 Å². The fraction of sp³-hybridized carbons (Fsp3) is 0.111. The quantitative estimate of drug-likeness (QED) is 0.763. The average molecular weight is 341 g/mol. The van der Waals surface area contributed by atoms with Gasteiger partial charge >= 0.3 is 0 Å². The molecule has 0 saturated carbocycles.